The van der Waals surface area contributed by atoms with Crippen molar-refractivity contribution in [1.29, 1.82) is 0 Å². The minimum Gasteiger partial charge on any atom is -0.268 e. The summed E-state index contributed by atoms with van der Waals surface area (Å²) in [5.74, 6) is 0. The molecule has 0 amide bonds. The molecule has 0 saturated carbocycles. The first-order chi connectivity index (χ1) is 10.9. The first kappa shape index (κ1) is 15.9. The topological polar surface area (TPSA) is 68.6 Å². The molecule has 3 rings (SSSR count). The van der Waals surface area contributed by atoms with E-state index >= 15 is 0 Å². The van der Waals surface area contributed by atoms with Crippen LogP contribution in [-0.4, -0.2) is 25.4 Å². The third kappa shape index (κ3) is 3.87. The Labute approximate surface area is 142 Å². The first-order valence-corrected chi connectivity index (χ1v) is 9.52. The number of benzene rings is 2. The van der Waals surface area contributed by atoms with E-state index < -0.39 is 10.1 Å². The number of rotatable bonds is 4. The molecular weight excluding hydrogens is 356 g/mol. The van der Waals surface area contributed by atoms with E-state index in [2.05, 4.69) is 14.4 Å². The lowest BCUT2D eigenvalue weighted by atomic mass is 10.1. The van der Waals surface area contributed by atoms with Gasteiger partial charge in [-0.2, -0.15) is 8.42 Å². The Kier molecular flexibility index (Phi) is 4.34. The van der Waals surface area contributed by atoms with E-state index in [-0.39, 0.29) is 0 Å². The van der Waals surface area contributed by atoms with Gasteiger partial charge in [0.2, 0.25) is 0 Å². The molecule has 0 atom stereocenters. The fourth-order valence-corrected chi connectivity index (χ4v) is 3.21. The maximum Gasteiger partial charge on any atom is 0.325 e. The van der Waals surface area contributed by atoms with Gasteiger partial charge in [-0.05, 0) is 24.3 Å². The second kappa shape index (κ2) is 6.27. The Hall–Kier alpha value is -1.96. The summed E-state index contributed by atoms with van der Waals surface area (Å²) in [6.07, 6.45) is 0.939. The molecule has 3 aromatic rings. The summed E-state index contributed by atoms with van der Waals surface area (Å²) >= 11 is 7.30. The highest BCUT2D eigenvalue weighted by atomic mass is 35.5. The van der Waals surface area contributed by atoms with Crippen LogP contribution in [0.1, 0.15) is 10.6 Å². The predicted molar refractivity (Wildman–Crippen MR) is 92.6 cm³/mol. The summed E-state index contributed by atoms with van der Waals surface area (Å²) in [4.78, 5) is 4.49. The number of halogens is 1. The van der Waals surface area contributed by atoms with Gasteiger partial charge in [-0.15, -0.1) is 11.3 Å². The maximum atomic E-state index is 11.3. The van der Waals surface area contributed by atoms with Crippen LogP contribution in [-0.2, 0) is 14.4 Å². The van der Waals surface area contributed by atoms with Crippen LogP contribution >= 0.6 is 22.9 Å². The zero-order valence-electron chi connectivity index (χ0n) is 11.9. The van der Waals surface area contributed by atoms with Crippen molar-refractivity contribution < 1.29 is 12.7 Å². The fourth-order valence-electron chi connectivity index (χ4n) is 1.90. The summed E-state index contributed by atoms with van der Waals surface area (Å²) in [5, 5.41) is 4.93. The lowest BCUT2D eigenvalue weighted by molar-refractivity contribution is 0.343. The Balaban J connectivity index is 2.12. The second-order valence-electron chi connectivity index (χ2n) is 4.71. The standard InChI is InChI=1S/C15H11ClN2O3S2/c1-23(19,20)21-18-14(10-6-8-11(16)9-7-10)15-17-12-4-2-3-5-13(12)22-15/h2-9H,1H3. The molecule has 0 aliphatic heterocycles. The number of para-hydroxylation sites is 1. The van der Waals surface area contributed by atoms with E-state index in [0.717, 1.165) is 16.5 Å². The Morgan fingerprint density at radius 2 is 1.87 bits per heavy atom. The molecule has 0 bridgehead atoms. The highest BCUT2D eigenvalue weighted by Crippen LogP contribution is 2.25. The minimum absolute atomic E-state index is 0.341. The van der Waals surface area contributed by atoms with Crippen molar-refractivity contribution >= 4 is 49.0 Å². The van der Waals surface area contributed by atoms with Gasteiger partial charge in [0.05, 0.1) is 16.5 Å². The van der Waals surface area contributed by atoms with Crippen molar-refractivity contribution in [1.82, 2.24) is 4.98 Å². The van der Waals surface area contributed by atoms with E-state index in [9.17, 15) is 8.42 Å². The highest BCUT2D eigenvalue weighted by molar-refractivity contribution is 7.85. The number of hydrogen-bond acceptors (Lipinski definition) is 6. The van der Waals surface area contributed by atoms with Crippen LogP contribution in [0.5, 0.6) is 0 Å². The molecule has 118 valence electrons. The molecule has 0 unspecified atom stereocenters. The second-order valence-corrected chi connectivity index (χ2v) is 7.74. The summed E-state index contributed by atoms with van der Waals surface area (Å²) in [7, 11) is -3.71. The maximum absolute atomic E-state index is 11.3. The normalized spacial score (nSPS) is 12.5. The van der Waals surface area contributed by atoms with Crippen LogP contribution in [0.3, 0.4) is 0 Å². The molecule has 2 aromatic carbocycles. The van der Waals surface area contributed by atoms with Gasteiger partial charge < -0.3 is 0 Å². The number of hydrogen-bond donors (Lipinski definition) is 0. The monoisotopic (exact) mass is 366 g/mol. The van der Waals surface area contributed by atoms with Crippen LogP contribution in [0.15, 0.2) is 53.7 Å². The molecule has 23 heavy (non-hydrogen) atoms. The van der Waals surface area contributed by atoms with E-state index in [1.165, 1.54) is 11.3 Å². The molecule has 0 fully saturated rings. The van der Waals surface area contributed by atoms with E-state index in [0.29, 0.717) is 21.3 Å². The van der Waals surface area contributed by atoms with E-state index in [4.69, 9.17) is 11.6 Å². The minimum atomic E-state index is -3.71. The van der Waals surface area contributed by atoms with Gasteiger partial charge in [-0.25, -0.2) is 4.98 Å². The molecule has 1 aromatic heterocycles. The predicted octanol–water partition coefficient (Wildman–Crippen LogP) is 3.68. The van der Waals surface area contributed by atoms with Gasteiger partial charge in [-0.1, -0.05) is 41.0 Å². The third-order valence-electron chi connectivity index (χ3n) is 2.88. The zero-order chi connectivity index (χ0) is 16.4. The number of nitrogens with zero attached hydrogens (tertiary/aromatic N) is 2. The van der Waals surface area contributed by atoms with Crippen molar-refractivity contribution in [3.05, 3.63) is 64.1 Å². The van der Waals surface area contributed by atoms with Crippen molar-refractivity contribution in [2.24, 2.45) is 5.16 Å². The van der Waals surface area contributed by atoms with Crippen LogP contribution in [0.2, 0.25) is 5.02 Å². The Morgan fingerprint density at radius 3 is 2.52 bits per heavy atom. The lowest BCUT2D eigenvalue weighted by Crippen LogP contribution is -2.06. The van der Waals surface area contributed by atoms with Gasteiger partial charge in [0.25, 0.3) is 0 Å². The molecule has 0 N–H and O–H groups in total. The summed E-state index contributed by atoms with van der Waals surface area (Å²) in [6.45, 7) is 0. The number of thiazole rings is 1. The molecule has 0 spiro atoms. The number of aromatic nitrogens is 1. The molecular formula is C15H11ClN2O3S2. The van der Waals surface area contributed by atoms with Crippen molar-refractivity contribution in [3.63, 3.8) is 0 Å². The Morgan fingerprint density at radius 1 is 1.17 bits per heavy atom. The quantitative estimate of drug-likeness (QED) is 0.521. The van der Waals surface area contributed by atoms with E-state index in [1.54, 1.807) is 24.3 Å². The number of fused-ring (bicyclic) bond motifs is 1. The van der Waals surface area contributed by atoms with Gasteiger partial charge >= 0.3 is 10.1 Å². The van der Waals surface area contributed by atoms with Crippen molar-refractivity contribution in [2.75, 3.05) is 6.26 Å². The van der Waals surface area contributed by atoms with Gasteiger partial charge in [-0.3, -0.25) is 4.28 Å². The van der Waals surface area contributed by atoms with Crippen molar-refractivity contribution in [3.8, 4) is 0 Å². The van der Waals surface area contributed by atoms with Crippen LogP contribution in [0.25, 0.3) is 10.2 Å². The smallest absolute Gasteiger partial charge is 0.268 e. The molecule has 0 aliphatic rings. The molecule has 0 radical (unpaired) electrons. The molecule has 5 nitrogen and oxygen atoms in total. The molecule has 0 saturated heterocycles. The van der Waals surface area contributed by atoms with Crippen LogP contribution in [0.4, 0.5) is 0 Å². The molecule has 1 heterocycles. The van der Waals surface area contributed by atoms with Crippen molar-refractivity contribution in [2.45, 2.75) is 0 Å². The zero-order valence-corrected chi connectivity index (χ0v) is 14.3. The Bertz CT molecular complexity index is 946. The molecule has 8 heteroatoms. The first-order valence-electron chi connectivity index (χ1n) is 6.51. The molecule has 0 aliphatic carbocycles. The highest BCUT2D eigenvalue weighted by Gasteiger charge is 2.15. The largest absolute Gasteiger partial charge is 0.325 e. The number of oxime groups is 1. The van der Waals surface area contributed by atoms with Gasteiger partial charge in [0.15, 0.2) is 0 Å². The summed E-state index contributed by atoms with van der Waals surface area (Å²) in [6, 6.07) is 14.5. The summed E-state index contributed by atoms with van der Waals surface area (Å²) in [5.41, 5.74) is 1.82. The third-order valence-corrected chi connectivity index (χ3v) is 4.52. The summed E-state index contributed by atoms with van der Waals surface area (Å²) < 4.78 is 28.1. The average Bonchev–Trinajstić information content (AvgIpc) is 2.91. The van der Waals surface area contributed by atoms with Crippen LogP contribution in [0, 0.1) is 0 Å². The fraction of sp³-hybridized carbons (Fsp3) is 0.0667. The average molecular weight is 367 g/mol. The van der Waals surface area contributed by atoms with E-state index in [1.807, 2.05) is 24.3 Å². The van der Waals surface area contributed by atoms with Gasteiger partial charge in [0.1, 0.15) is 10.7 Å². The SMILES string of the molecule is CS(=O)(=O)ON=C(c1ccc(Cl)cc1)c1nc2ccccc2s1. The lowest BCUT2D eigenvalue weighted by Gasteiger charge is -2.03. The van der Waals surface area contributed by atoms with Crippen LogP contribution < -0.4 is 0 Å². The van der Waals surface area contributed by atoms with Gasteiger partial charge in [0, 0.05) is 10.6 Å².